The molecule has 0 heterocycles. The topological polar surface area (TPSA) is 26.0 Å². The van der Waals surface area contributed by atoms with Crippen molar-refractivity contribution in [3.63, 3.8) is 0 Å². The first-order chi connectivity index (χ1) is 6.65. The third-order valence-corrected chi connectivity index (χ3v) is 1.94. The summed E-state index contributed by atoms with van der Waals surface area (Å²) in [4.78, 5) is 0. The summed E-state index contributed by atoms with van der Waals surface area (Å²) in [6, 6.07) is 2.87. The lowest BCUT2D eigenvalue weighted by molar-refractivity contribution is 1.02. The van der Waals surface area contributed by atoms with Gasteiger partial charge in [0.2, 0.25) is 0 Å². The summed E-state index contributed by atoms with van der Waals surface area (Å²) in [5, 5.41) is 0. The Morgan fingerprint density at radius 1 is 1.17 bits per heavy atom. The fourth-order valence-electron chi connectivity index (χ4n) is 1.18. The first-order valence-corrected chi connectivity index (χ1v) is 4.46. The molecule has 0 spiro atoms. The first-order valence-electron chi connectivity index (χ1n) is 5.46. The van der Waals surface area contributed by atoms with Gasteiger partial charge in [0, 0.05) is 6.54 Å². The van der Waals surface area contributed by atoms with Crippen LogP contribution in [0.25, 0.3) is 0 Å². The van der Waals surface area contributed by atoms with Crippen LogP contribution in [-0.2, 0) is 19.4 Å². The zero-order valence-corrected chi connectivity index (χ0v) is 7.78. The molecule has 0 fully saturated rings. The minimum Gasteiger partial charge on any atom is -0.326 e. The number of hydrogen-bond acceptors (Lipinski definition) is 1. The molecule has 0 aliphatic heterocycles. The van der Waals surface area contributed by atoms with E-state index in [4.69, 9.17) is 8.48 Å². The lowest BCUT2D eigenvalue weighted by Crippen LogP contribution is -1.98. The van der Waals surface area contributed by atoms with Crippen LogP contribution >= 0.6 is 0 Å². The predicted octanol–water partition coefficient (Wildman–Crippen LogP) is 2.27. The van der Waals surface area contributed by atoms with Crippen LogP contribution in [0.2, 0.25) is 0 Å². The van der Waals surface area contributed by atoms with Crippen molar-refractivity contribution >= 4 is 0 Å². The highest BCUT2D eigenvalue weighted by Gasteiger charge is 1.96. The summed E-state index contributed by atoms with van der Waals surface area (Å²) in [5.74, 6) is 0. The van der Waals surface area contributed by atoms with E-state index in [2.05, 4.69) is 0 Å². The molecule has 1 rings (SSSR count). The molecule has 1 aromatic rings. The second-order valence-electron chi connectivity index (χ2n) is 2.83. The minimum absolute atomic E-state index is 0.290. The van der Waals surface area contributed by atoms with Gasteiger partial charge < -0.3 is 5.73 Å². The summed E-state index contributed by atoms with van der Waals surface area (Å²) >= 11 is 0. The quantitative estimate of drug-likeness (QED) is 0.730. The highest BCUT2D eigenvalue weighted by Crippen LogP contribution is 2.11. The van der Waals surface area contributed by atoms with Crippen molar-refractivity contribution in [3.05, 3.63) is 34.8 Å². The van der Waals surface area contributed by atoms with Crippen LogP contribution in [0.1, 0.15) is 33.3 Å². The number of aryl methyl sites for hydroxylation is 2. The van der Waals surface area contributed by atoms with Gasteiger partial charge in [-0.15, -0.1) is 0 Å². The van der Waals surface area contributed by atoms with Crippen molar-refractivity contribution in [1.29, 1.82) is 0 Å². The number of benzene rings is 1. The maximum absolute atomic E-state index is 7.86. The largest absolute Gasteiger partial charge is 0.326 e. The Kier molecular flexibility index (Phi) is 2.37. The van der Waals surface area contributed by atoms with Gasteiger partial charge >= 0.3 is 0 Å². The Hall–Kier alpha value is -0.820. The normalized spacial score (nSPS) is 12.6. The van der Waals surface area contributed by atoms with Crippen molar-refractivity contribution in [2.75, 3.05) is 0 Å². The molecule has 0 amide bonds. The van der Waals surface area contributed by atoms with E-state index in [0.717, 1.165) is 24.0 Å². The molecule has 1 nitrogen and oxygen atoms in total. The highest BCUT2D eigenvalue weighted by molar-refractivity contribution is 5.30. The molecule has 0 radical (unpaired) electrons. The standard InChI is InChI=1S/C11H17N/c1-3-9-5-10(4-2)7-11(6-9)8-12/h5-7H,3-4,8,12H2,1-2H3/i6D,7D. The predicted molar refractivity (Wildman–Crippen MR) is 53.1 cm³/mol. The molecule has 2 N–H and O–H groups in total. The lowest BCUT2D eigenvalue weighted by Gasteiger charge is -2.05. The monoisotopic (exact) mass is 165 g/mol. The van der Waals surface area contributed by atoms with Gasteiger partial charge in [0.15, 0.2) is 0 Å². The van der Waals surface area contributed by atoms with Gasteiger partial charge in [0.05, 0.1) is 2.74 Å². The maximum atomic E-state index is 7.86. The molecule has 0 aliphatic rings. The van der Waals surface area contributed by atoms with Crippen LogP contribution in [0.4, 0.5) is 0 Å². The average Bonchev–Trinajstić information content (AvgIpc) is 2.19. The SMILES string of the molecule is [2H]c1c(CC)cc(CC)c([2H])c1CN. The average molecular weight is 165 g/mol. The lowest BCUT2D eigenvalue weighted by atomic mass is 10.0. The minimum atomic E-state index is 0.290. The fourth-order valence-corrected chi connectivity index (χ4v) is 1.18. The van der Waals surface area contributed by atoms with Crippen LogP contribution < -0.4 is 5.73 Å². The molecule has 0 unspecified atom stereocenters. The maximum Gasteiger partial charge on any atom is 0.0629 e. The summed E-state index contributed by atoms with van der Waals surface area (Å²) in [5.41, 5.74) is 8.24. The second kappa shape index (κ2) is 4.27. The molecule has 0 atom stereocenters. The Bertz CT molecular complexity index is 306. The highest BCUT2D eigenvalue weighted by atomic mass is 14.5. The zero-order valence-electron chi connectivity index (χ0n) is 9.78. The molecule has 0 bridgehead atoms. The second-order valence-corrected chi connectivity index (χ2v) is 2.83. The van der Waals surface area contributed by atoms with E-state index in [0.29, 0.717) is 24.2 Å². The van der Waals surface area contributed by atoms with Crippen LogP contribution in [0.3, 0.4) is 0 Å². The van der Waals surface area contributed by atoms with Gasteiger partial charge in [-0.2, -0.15) is 0 Å². The van der Waals surface area contributed by atoms with Gasteiger partial charge in [0.25, 0.3) is 0 Å². The van der Waals surface area contributed by atoms with Crippen molar-refractivity contribution in [3.8, 4) is 0 Å². The van der Waals surface area contributed by atoms with Crippen LogP contribution in [0.5, 0.6) is 0 Å². The number of nitrogens with two attached hydrogens (primary N) is 1. The molecule has 0 aromatic heterocycles. The van der Waals surface area contributed by atoms with Gasteiger partial charge in [-0.1, -0.05) is 32.0 Å². The van der Waals surface area contributed by atoms with Crippen molar-refractivity contribution in [2.24, 2.45) is 5.73 Å². The van der Waals surface area contributed by atoms with Crippen molar-refractivity contribution in [2.45, 2.75) is 33.2 Å². The first kappa shape index (κ1) is 6.67. The molecule has 66 valence electrons. The van der Waals surface area contributed by atoms with E-state index >= 15 is 0 Å². The molecule has 0 saturated heterocycles. The molecular formula is C11H17N. The third kappa shape index (κ3) is 2.08. The van der Waals surface area contributed by atoms with Gasteiger partial charge in [0.1, 0.15) is 0 Å². The smallest absolute Gasteiger partial charge is 0.0629 e. The van der Waals surface area contributed by atoms with E-state index in [9.17, 15) is 0 Å². The van der Waals surface area contributed by atoms with Gasteiger partial charge in [-0.25, -0.2) is 0 Å². The van der Waals surface area contributed by atoms with E-state index in [1.54, 1.807) is 0 Å². The number of rotatable bonds is 3. The van der Waals surface area contributed by atoms with E-state index in [-0.39, 0.29) is 0 Å². The Morgan fingerprint density at radius 3 is 2.00 bits per heavy atom. The summed E-state index contributed by atoms with van der Waals surface area (Å²) < 4.78 is 15.7. The third-order valence-electron chi connectivity index (χ3n) is 1.94. The molecule has 1 aromatic carbocycles. The molecule has 1 heteroatoms. The van der Waals surface area contributed by atoms with Crippen LogP contribution in [0.15, 0.2) is 18.2 Å². The Balaban J connectivity index is 3.39. The number of hydrogen-bond donors (Lipinski definition) is 1. The van der Waals surface area contributed by atoms with Crippen molar-refractivity contribution < 1.29 is 2.74 Å². The van der Waals surface area contributed by atoms with Crippen molar-refractivity contribution in [1.82, 2.24) is 0 Å². The molecule has 12 heavy (non-hydrogen) atoms. The molecular weight excluding hydrogens is 146 g/mol. The molecule has 0 aliphatic carbocycles. The summed E-state index contributed by atoms with van der Waals surface area (Å²) in [7, 11) is 0. The van der Waals surface area contributed by atoms with E-state index in [1.165, 1.54) is 0 Å². The fraction of sp³-hybridized carbons (Fsp3) is 0.455. The molecule has 0 saturated carbocycles. The van der Waals surface area contributed by atoms with Gasteiger partial charge in [-0.05, 0) is 29.5 Å². The Morgan fingerprint density at radius 2 is 1.67 bits per heavy atom. The van der Waals surface area contributed by atoms with Crippen LogP contribution in [-0.4, -0.2) is 0 Å². The van der Waals surface area contributed by atoms with E-state index < -0.39 is 0 Å². The summed E-state index contributed by atoms with van der Waals surface area (Å²) in [6.07, 6.45) is 1.66. The zero-order chi connectivity index (χ0) is 10.7. The summed E-state index contributed by atoms with van der Waals surface area (Å²) in [6.45, 7) is 4.34. The Labute approximate surface area is 77.4 Å². The van der Waals surface area contributed by atoms with Crippen LogP contribution in [0, 0.1) is 0 Å². The van der Waals surface area contributed by atoms with Gasteiger partial charge in [-0.3, -0.25) is 0 Å². The van der Waals surface area contributed by atoms with E-state index in [1.807, 2.05) is 19.9 Å².